The molecule has 0 amide bonds. The Labute approximate surface area is 124 Å². The van der Waals surface area contributed by atoms with Crippen LogP contribution in [0.15, 0.2) is 0 Å². The Morgan fingerprint density at radius 2 is 1.90 bits per heavy atom. The van der Waals surface area contributed by atoms with Crippen molar-refractivity contribution in [3.8, 4) is 6.07 Å². The Morgan fingerprint density at radius 1 is 1.15 bits per heavy atom. The summed E-state index contributed by atoms with van der Waals surface area (Å²) in [4.78, 5) is 2.51. The van der Waals surface area contributed by atoms with Crippen LogP contribution in [0.25, 0.3) is 0 Å². The van der Waals surface area contributed by atoms with Crippen LogP contribution >= 0.6 is 0 Å². The fourth-order valence-corrected chi connectivity index (χ4v) is 4.27. The lowest BCUT2D eigenvalue weighted by molar-refractivity contribution is 0.0316. The van der Waals surface area contributed by atoms with E-state index in [0.29, 0.717) is 12.1 Å². The first-order valence-corrected chi connectivity index (χ1v) is 8.56. The van der Waals surface area contributed by atoms with Gasteiger partial charge in [-0.2, -0.15) is 5.26 Å². The van der Waals surface area contributed by atoms with E-state index in [1.807, 2.05) is 0 Å². The van der Waals surface area contributed by atoms with Crippen LogP contribution in [-0.2, 0) is 0 Å². The van der Waals surface area contributed by atoms with E-state index >= 15 is 0 Å². The van der Waals surface area contributed by atoms with Crippen LogP contribution < -0.4 is 0 Å². The first-order valence-electron chi connectivity index (χ1n) is 8.56. The molecule has 0 aromatic rings. The highest BCUT2D eigenvalue weighted by atomic mass is 16.3. The van der Waals surface area contributed by atoms with Crippen molar-refractivity contribution >= 4 is 0 Å². The Morgan fingerprint density at radius 3 is 2.50 bits per heavy atom. The van der Waals surface area contributed by atoms with Gasteiger partial charge in [0.1, 0.15) is 0 Å². The van der Waals surface area contributed by atoms with E-state index in [2.05, 4.69) is 17.9 Å². The first-order chi connectivity index (χ1) is 9.80. The molecule has 2 saturated carbocycles. The van der Waals surface area contributed by atoms with Gasteiger partial charge < -0.3 is 5.11 Å². The number of hydrogen-bond donors (Lipinski definition) is 1. The number of nitrogens with zero attached hydrogens (tertiary/aromatic N) is 2. The molecule has 114 valence electrons. The topological polar surface area (TPSA) is 47.3 Å². The molecule has 2 rings (SSSR count). The fourth-order valence-electron chi connectivity index (χ4n) is 4.27. The van der Waals surface area contributed by atoms with Crippen LogP contribution in [-0.4, -0.2) is 35.2 Å². The van der Waals surface area contributed by atoms with Crippen LogP contribution in [0.4, 0.5) is 0 Å². The molecule has 0 aromatic heterocycles. The normalized spacial score (nSPS) is 32.2. The summed E-state index contributed by atoms with van der Waals surface area (Å²) < 4.78 is 0. The lowest BCUT2D eigenvalue weighted by Gasteiger charge is -2.45. The zero-order valence-electron chi connectivity index (χ0n) is 12.9. The molecule has 2 aliphatic carbocycles. The van der Waals surface area contributed by atoms with Crippen molar-refractivity contribution in [2.75, 3.05) is 13.2 Å². The molecule has 0 radical (unpaired) electrons. The predicted octanol–water partition coefficient (Wildman–Crippen LogP) is 3.33. The second kappa shape index (κ2) is 8.00. The maximum Gasteiger partial charge on any atom is 0.0672 e. The molecule has 0 spiro atoms. The number of rotatable bonds is 5. The maximum absolute atomic E-state index is 9.50. The average molecular weight is 278 g/mol. The van der Waals surface area contributed by atoms with Gasteiger partial charge in [-0.05, 0) is 38.0 Å². The third-order valence-corrected chi connectivity index (χ3v) is 5.50. The van der Waals surface area contributed by atoms with Crippen molar-refractivity contribution in [1.29, 1.82) is 5.26 Å². The summed E-state index contributed by atoms with van der Waals surface area (Å²) in [5.41, 5.74) is 0. The second-order valence-electron chi connectivity index (χ2n) is 6.64. The minimum Gasteiger partial charge on any atom is -0.395 e. The van der Waals surface area contributed by atoms with Gasteiger partial charge in [0.2, 0.25) is 0 Å². The smallest absolute Gasteiger partial charge is 0.0672 e. The highest BCUT2D eigenvalue weighted by Gasteiger charge is 2.36. The number of nitriles is 1. The quantitative estimate of drug-likeness (QED) is 0.839. The van der Waals surface area contributed by atoms with Gasteiger partial charge in [-0.15, -0.1) is 0 Å². The van der Waals surface area contributed by atoms with Gasteiger partial charge in [0.25, 0.3) is 0 Å². The van der Waals surface area contributed by atoms with Gasteiger partial charge in [-0.25, -0.2) is 0 Å². The second-order valence-corrected chi connectivity index (χ2v) is 6.64. The van der Waals surface area contributed by atoms with Gasteiger partial charge in [-0.1, -0.05) is 32.6 Å². The highest BCUT2D eigenvalue weighted by molar-refractivity contribution is 4.99. The van der Waals surface area contributed by atoms with Gasteiger partial charge in [0.05, 0.1) is 18.6 Å². The average Bonchev–Trinajstić information content (AvgIpc) is 2.53. The third kappa shape index (κ3) is 3.74. The Bertz CT molecular complexity index is 319. The third-order valence-electron chi connectivity index (χ3n) is 5.50. The largest absolute Gasteiger partial charge is 0.395 e. The summed E-state index contributed by atoms with van der Waals surface area (Å²) in [5.74, 6) is 0.945. The Hall–Kier alpha value is -0.590. The molecule has 0 saturated heterocycles. The van der Waals surface area contributed by atoms with Crippen molar-refractivity contribution in [3.63, 3.8) is 0 Å². The first kappa shape index (κ1) is 15.8. The molecule has 3 atom stereocenters. The molecular weight excluding hydrogens is 248 g/mol. The van der Waals surface area contributed by atoms with Gasteiger partial charge in [0, 0.05) is 18.6 Å². The number of hydrogen-bond acceptors (Lipinski definition) is 3. The van der Waals surface area contributed by atoms with E-state index in [-0.39, 0.29) is 12.5 Å². The SMILES string of the molecule is CCC1CCC(C#N)C(N(CCO)C2CCCCC2)C1. The van der Waals surface area contributed by atoms with Crippen LogP contribution in [0.1, 0.15) is 64.7 Å². The standard InChI is InChI=1S/C17H30N2O/c1-2-14-8-9-15(13-18)17(12-14)19(10-11-20)16-6-4-3-5-7-16/h14-17,20H,2-12H2,1H3. The van der Waals surface area contributed by atoms with Crippen molar-refractivity contribution in [1.82, 2.24) is 4.90 Å². The van der Waals surface area contributed by atoms with Crippen molar-refractivity contribution < 1.29 is 5.11 Å². The molecule has 3 heteroatoms. The van der Waals surface area contributed by atoms with E-state index in [0.717, 1.165) is 25.3 Å². The molecule has 0 heterocycles. The summed E-state index contributed by atoms with van der Waals surface area (Å²) in [7, 11) is 0. The van der Waals surface area contributed by atoms with Crippen LogP contribution in [0.5, 0.6) is 0 Å². The molecule has 1 N–H and O–H groups in total. The highest BCUT2D eigenvalue weighted by Crippen LogP contribution is 2.36. The van der Waals surface area contributed by atoms with Crippen molar-refractivity contribution in [3.05, 3.63) is 0 Å². The lowest BCUT2D eigenvalue weighted by atomic mass is 9.76. The van der Waals surface area contributed by atoms with E-state index in [9.17, 15) is 10.4 Å². The molecule has 2 aliphatic rings. The molecule has 0 bridgehead atoms. The minimum absolute atomic E-state index is 0.172. The zero-order chi connectivity index (χ0) is 14.4. The van der Waals surface area contributed by atoms with E-state index < -0.39 is 0 Å². The van der Waals surface area contributed by atoms with Crippen molar-refractivity contribution in [2.45, 2.75) is 76.8 Å². The van der Waals surface area contributed by atoms with Crippen LogP contribution in [0.2, 0.25) is 0 Å². The molecule has 0 aromatic carbocycles. The summed E-state index contributed by atoms with van der Waals surface area (Å²) in [6.45, 7) is 3.25. The summed E-state index contributed by atoms with van der Waals surface area (Å²) in [6, 6.07) is 3.54. The van der Waals surface area contributed by atoms with Gasteiger partial charge in [-0.3, -0.25) is 4.90 Å². The van der Waals surface area contributed by atoms with Gasteiger partial charge >= 0.3 is 0 Å². The molecule has 3 nitrogen and oxygen atoms in total. The maximum atomic E-state index is 9.50. The molecular formula is C17H30N2O. The minimum atomic E-state index is 0.172. The van der Waals surface area contributed by atoms with Crippen LogP contribution in [0, 0.1) is 23.2 Å². The molecule has 20 heavy (non-hydrogen) atoms. The number of aliphatic hydroxyl groups is 1. The fraction of sp³-hybridized carbons (Fsp3) is 0.941. The van der Waals surface area contributed by atoms with Crippen molar-refractivity contribution in [2.24, 2.45) is 11.8 Å². The zero-order valence-corrected chi connectivity index (χ0v) is 12.9. The molecule has 0 aliphatic heterocycles. The monoisotopic (exact) mass is 278 g/mol. The van der Waals surface area contributed by atoms with Gasteiger partial charge in [0.15, 0.2) is 0 Å². The summed E-state index contributed by atoms with van der Waals surface area (Å²) in [6.07, 6.45) is 11.1. The Balaban J connectivity index is 2.09. The number of aliphatic hydroxyl groups excluding tert-OH is 1. The van der Waals surface area contributed by atoms with Crippen LogP contribution in [0.3, 0.4) is 0 Å². The summed E-state index contributed by atoms with van der Waals surface area (Å²) in [5, 5.41) is 19.0. The molecule has 2 fully saturated rings. The van der Waals surface area contributed by atoms with E-state index in [1.54, 1.807) is 0 Å². The van der Waals surface area contributed by atoms with E-state index in [4.69, 9.17) is 0 Å². The van der Waals surface area contributed by atoms with E-state index in [1.165, 1.54) is 44.9 Å². The molecule has 3 unspecified atom stereocenters. The Kier molecular flexibility index (Phi) is 6.32. The summed E-state index contributed by atoms with van der Waals surface area (Å²) >= 11 is 0. The lowest BCUT2D eigenvalue weighted by Crippen LogP contribution is -2.50. The predicted molar refractivity (Wildman–Crippen MR) is 81.2 cm³/mol.